The van der Waals surface area contributed by atoms with Crippen molar-refractivity contribution in [2.45, 2.75) is 431 Å². The van der Waals surface area contributed by atoms with Gasteiger partial charge in [-0.15, -0.1) is 0 Å². The van der Waals surface area contributed by atoms with E-state index in [4.69, 9.17) is 14.2 Å². The van der Waals surface area contributed by atoms with Crippen molar-refractivity contribution >= 4 is 17.9 Å². The zero-order valence-corrected chi connectivity index (χ0v) is 55.8. The zero-order chi connectivity index (χ0) is 59.2. The van der Waals surface area contributed by atoms with Crippen LogP contribution in [0, 0.1) is 0 Å². The number of allylic oxidation sites excluding steroid dienone is 4. The SMILES string of the molecule is CCCCC/C=C\C/C=C\CCCCCCCC(=O)OCC(COC(=O)CCCCCCCCCCCCCCCCCCCCCCCCCCCCCCC)OC(=O)CCCCCCCCCCCCCCCCCCCCCC. The van der Waals surface area contributed by atoms with Gasteiger partial charge in [0.25, 0.3) is 0 Å². The van der Waals surface area contributed by atoms with E-state index < -0.39 is 6.10 Å². The van der Waals surface area contributed by atoms with Crippen LogP contribution < -0.4 is 0 Å². The lowest BCUT2D eigenvalue weighted by atomic mass is 10.0. The van der Waals surface area contributed by atoms with E-state index in [-0.39, 0.29) is 31.1 Å². The minimum Gasteiger partial charge on any atom is -0.462 e. The highest BCUT2D eigenvalue weighted by molar-refractivity contribution is 5.71. The Kier molecular flexibility index (Phi) is 69.5. The van der Waals surface area contributed by atoms with Gasteiger partial charge in [-0.1, -0.05) is 379 Å². The maximum atomic E-state index is 13.0. The van der Waals surface area contributed by atoms with Crippen LogP contribution >= 0.6 is 0 Å². The van der Waals surface area contributed by atoms with Crippen LogP contribution in [0.4, 0.5) is 0 Å². The first-order chi connectivity index (χ1) is 40.5. The third-order valence-corrected chi connectivity index (χ3v) is 17.2. The van der Waals surface area contributed by atoms with Crippen molar-refractivity contribution in [2.24, 2.45) is 0 Å². The molecule has 82 heavy (non-hydrogen) atoms. The molecule has 0 aromatic carbocycles. The highest BCUT2D eigenvalue weighted by atomic mass is 16.6. The van der Waals surface area contributed by atoms with E-state index >= 15 is 0 Å². The summed E-state index contributed by atoms with van der Waals surface area (Å²) in [6.45, 7) is 6.70. The van der Waals surface area contributed by atoms with Gasteiger partial charge in [0.05, 0.1) is 0 Å². The number of carbonyl (C=O) groups excluding carboxylic acids is 3. The van der Waals surface area contributed by atoms with Crippen LogP contribution in [0.5, 0.6) is 0 Å². The summed E-state index contributed by atoms with van der Waals surface area (Å²) in [7, 11) is 0. The fourth-order valence-corrected chi connectivity index (χ4v) is 11.6. The normalized spacial score (nSPS) is 12.1. The molecule has 484 valence electrons. The predicted molar refractivity (Wildman–Crippen MR) is 358 cm³/mol. The Morgan fingerprint density at radius 2 is 0.439 bits per heavy atom. The minimum atomic E-state index is -0.774. The number of carbonyl (C=O) groups is 3. The number of rotatable bonds is 70. The van der Waals surface area contributed by atoms with Crippen LogP contribution in [-0.2, 0) is 28.6 Å². The first-order valence-corrected chi connectivity index (χ1v) is 37.3. The predicted octanol–water partition coefficient (Wildman–Crippen LogP) is 25.7. The van der Waals surface area contributed by atoms with Crippen molar-refractivity contribution in [3.8, 4) is 0 Å². The lowest BCUT2D eigenvalue weighted by Gasteiger charge is -2.18. The number of hydrogen-bond donors (Lipinski definition) is 0. The number of ether oxygens (including phenoxy) is 3. The fourth-order valence-electron chi connectivity index (χ4n) is 11.6. The van der Waals surface area contributed by atoms with Gasteiger partial charge in [0.15, 0.2) is 6.10 Å². The molecule has 0 aliphatic carbocycles. The lowest BCUT2D eigenvalue weighted by Crippen LogP contribution is -2.30. The van der Waals surface area contributed by atoms with Gasteiger partial charge in [-0.3, -0.25) is 14.4 Å². The summed E-state index contributed by atoms with van der Waals surface area (Å²) in [6, 6.07) is 0. The van der Waals surface area contributed by atoms with Gasteiger partial charge in [-0.25, -0.2) is 0 Å². The van der Waals surface area contributed by atoms with Crippen LogP contribution in [0.15, 0.2) is 24.3 Å². The van der Waals surface area contributed by atoms with Crippen LogP contribution in [0.25, 0.3) is 0 Å². The molecular weight excluding hydrogens is 1010 g/mol. The van der Waals surface area contributed by atoms with Gasteiger partial charge < -0.3 is 14.2 Å². The first-order valence-electron chi connectivity index (χ1n) is 37.3. The second-order valence-electron chi connectivity index (χ2n) is 25.6. The molecule has 0 bridgehead atoms. The van der Waals surface area contributed by atoms with Crippen molar-refractivity contribution < 1.29 is 28.6 Å². The fraction of sp³-hybridized carbons (Fsp3) is 0.908. The number of esters is 3. The summed E-state index contributed by atoms with van der Waals surface area (Å²) >= 11 is 0. The summed E-state index contributed by atoms with van der Waals surface area (Å²) in [5, 5.41) is 0. The topological polar surface area (TPSA) is 78.9 Å². The van der Waals surface area contributed by atoms with Crippen molar-refractivity contribution in [3.63, 3.8) is 0 Å². The lowest BCUT2D eigenvalue weighted by molar-refractivity contribution is -0.167. The Morgan fingerprint density at radius 3 is 0.695 bits per heavy atom. The molecule has 0 amide bonds. The van der Waals surface area contributed by atoms with Gasteiger partial charge in [-0.05, 0) is 51.4 Å². The first kappa shape index (κ1) is 79.9. The van der Waals surface area contributed by atoms with Crippen LogP contribution in [0.3, 0.4) is 0 Å². The Balaban J connectivity index is 4.19. The van der Waals surface area contributed by atoms with Gasteiger partial charge in [0.2, 0.25) is 0 Å². The zero-order valence-electron chi connectivity index (χ0n) is 55.8. The monoisotopic (exact) mass is 1150 g/mol. The smallest absolute Gasteiger partial charge is 0.306 e. The Morgan fingerprint density at radius 1 is 0.244 bits per heavy atom. The van der Waals surface area contributed by atoms with Crippen molar-refractivity contribution in [1.29, 1.82) is 0 Å². The third-order valence-electron chi connectivity index (χ3n) is 17.2. The Labute approximate surface area is 513 Å². The van der Waals surface area contributed by atoms with E-state index in [1.807, 2.05) is 0 Å². The van der Waals surface area contributed by atoms with E-state index in [0.717, 1.165) is 77.0 Å². The van der Waals surface area contributed by atoms with Crippen molar-refractivity contribution in [2.75, 3.05) is 13.2 Å². The van der Waals surface area contributed by atoms with E-state index in [1.165, 1.54) is 308 Å². The van der Waals surface area contributed by atoms with Crippen molar-refractivity contribution in [3.05, 3.63) is 24.3 Å². The standard InChI is InChI=1S/C76H144O6/c1-4-7-10-13-16-19-22-25-28-30-32-34-35-36-37-38-39-40-41-42-44-45-48-51-54-57-60-63-66-69-75(78)81-72-73(71-80-74(77)68-65-62-59-56-53-50-47-27-24-21-18-15-12-9-6-3)82-76(79)70-67-64-61-58-55-52-49-46-43-33-31-29-26-23-20-17-14-11-8-5-2/h18,21,27,47,73H,4-17,19-20,22-26,28-46,48-72H2,1-3H3/b21-18-,47-27-. The second-order valence-corrected chi connectivity index (χ2v) is 25.6. The van der Waals surface area contributed by atoms with Gasteiger partial charge in [0.1, 0.15) is 13.2 Å². The molecular formula is C76H144O6. The maximum absolute atomic E-state index is 13.0. The number of hydrogen-bond acceptors (Lipinski definition) is 6. The number of unbranched alkanes of at least 4 members (excludes halogenated alkanes) is 55. The highest BCUT2D eigenvalue weighted by Crippen LogP contribution is 2.19. The molecule has 0 aromatic heterocycles. The van der Waals surface area contributed by atoms with Gasteiger partial charge in [-0.2, -0.15) is 0 Å². The molecule has 0 spiro atoms. The minimum absolute atomic E-state index is 0.0691. The van der Waals surface area contributed by atoms with E-state index in [2.05, 4.69) is 45.1 Å². The molecule has 0 heterocycles. The van der Waals surface area contributed by atoms with Gasteiger partial charge >= 0.3 is 17.9 Å². The molecule has 0 fully saturated rings. The quantitative estimate of drug-likeness (QED) is 0.0261. The molecule has 0 radical (unpaired) electrons. The van der Waals surface area contributed by atoms with Crippen LogP contribution in [0.2, 0.25) is 0 Å². The van der Waals surface area contributed by atoms with Crippen molar-refractivity contribution in [1.82, 2.24) is 0 Å². The Hall–Kier alpha value is -2.11. The second kappa shape index (κ2) is 71.4. The summed E-state index contributed by atoms with van der Waals surface area (Å²) in [6.07, 6.45) is 88.0. The van der Waals surface area contributed by atoms with Crippen LogP contribution in [0.1, 0.15) is 425 Å². The maximum Gasteiger partial charge on any atom is 0.306 e. The molecule has 0 aliphatic rings. The molecule has 0 aliphatic heterocycles. The third kappa shape index (κ3) is 68.7. The summed E-state index contributed by atoms with van der Waals surface area (Å²) in [4.78, 5) is 38.5. The summed E-state index contributed by atoms with van der Waals surface area (Å²) in [5.41, 5.74) is 0. The molecule has 6 heteroatoms. The molecule has 6 nitrogen and oxygen atoms in total. The molecule has 0 N–H and O–H groups in total. The molecule has 0 saturated heterocycles. The summed E-state index contributed by atoms with van der Waals surface area (Å²) < 4.78 is 17.0. The average molecular weight is 1150 g/mol. The Bertz CT molecular complexity index is 1320. The summed E-state index contributed by atoms with van der Waals surface area (Å²) in [5.74, 6) is -0.848. The molecule has 1 atom stereocenters. The highest BCUT2D eigenvalue weighted by Gasteiger charge is 2.20. The van der Waals surface area contributed by atoms with E-state index in [0.29, 0.717) is 19.3 Å². The van der Waals surface area contributed by atoms with E-state index in [9.17, 15) is 14.4 Å². The molecule has 0 saturated carbocycles. The molecule has 0 rings (SSSR count). The van der Waals surface area contributed by atoms with Crippen LogP contribution in [-0.4, -0.2) is 37.2 Å². The average Bonchev–Trinajstić information content (AvgIpc) is 3.47. The van der Waals surface area contributed by atoms with E-state index in [1.54, 1.807) is 0 Å². The molecule has 0 aromatic rings. The van der Waals surface area contributed by atoms with Gasteiger partial charge in [0, 0.05) is 19.3 Å². The molecule has 1 unspecified atom stereocenters. The largest absolute Gasteiger partial charge is 0.462 e.